The monoisotopic (exact) mass is 403 g/mol. The van der Waals surface area contributed by atoms with Gasteiger partial charge in [-0.2, -0.15) is 0 Å². The van der Waals surface area contributed by atoms with E-state index in [2.05, 4.69) is 14.9 Å². The van der Waals surface area contributed by atoms with Gasteiger partial charge in [-0.1, -0.05) is 0 Å². The molecule has 1 aromatic carbocycles. The third-order valence-corrected chi connectivity index (χ3v) is 5.84. The van der Waals surface area contributed by atoms with E-state index in [0.717, 1.165) is 59.4 Å². The van der Waals surface area contributed by atoms with Crippen LogP contribution >= 0.6 is 11.3 Å². The van der Waals surface area contributed by atoms with Crippen molar-refractivity contribution in [2.75, 3.05) is 6.54 Å². The Bertz CT molecular complexity index is 1130. The van der Waals surface area contributed by atoms with Crippen molar-refractivity contribution in [2.45, 2.75) is 19.5 Å². The molecule has 0 fully saturated rings. The molecule has 5 rings (SSSR count). The van der Waals surface area contributed by atoms with E-state index in [1.807, 2.05) is 23.7 Å². The maximum Gasteiger partial charge on any atom is 0.159 e. The lowest BCUT2D eigenvalue weighted by atomic mass is 10.1. The van der Waals surface area contributed by atoms with Gasteiger partial charge in [0.15, 0.2) is 5.82 Å². The Kier molecular flexibility index (Phi) is 4.83. The maximum atomic E-state index is 13.1. The number of thiazole rings is 1. The summed E-state index contributed by atoms with van der Waals surface area (Å²) in [5.41, 5.74) is 5.11. The van der Waals surface area contributed by atoms with Gasteiger partial charge in [0.25, 0.3) is 0 Å². The minimum absolute atomic E-state index is 0.231. The van der Waals surface area contributed by atoms with E-state index in [9.17, 15) is 4.39 Å². The second-order valence-electron chi connectivity index (χ2n) is 7.00. The van der Waals surface area contributed by atoms with Gasteiger partial charge in [0.1, 0.15) is 10.8 Å². The predicted molar refractivity (Wildman–Crippen MR) is 111 cm³/mol. The number of rotatable bonds is 4. The smallest absolute Gasteiger partial charge is 0.159 e. The first-order valence-corrected chi connectivity index (χ1v) is 10.3. The van der Waals surface area contributed by atoms with Gasteiger partial charge < -0.3 is 0 Å². The first kappa shape index (κ1) is 18.0. The molecule has 4 heterocycles. The van der Waals surface area contributed by atoms with Crippen LogP contribution < -0.4 is 0 Å². The molecule has 0 bridgehead atoms. The molecular weight excluding hydrogens is 385 g/mol. The van der Waals surface area contributed by atoms with Crippen molar-refractivity contribution in [2.24, 2.45) is 0 Å². The number of nitrogens with zero attached hydrogens (tertiary/aromatic N) is 5. The zero-order valence-corrected chi connectivity index (χ0v) is 16.4. The third kappa shape index (κ3) is 3.92. The van der Waals surface area contributed by atoms with Gasteiger partial charge in [-0.25, -0.2) is 19.3 Å². The van der Waals surface area contributed by atoms with Crippen molar-refractivity contribution in [3.8, 4) is 22.6 Å². The Morgan fingerprint density at radius 3 is 2.66 bits per heavy atom. The zero-order valence-electron chi connectivity index (χ0n) is 15.6. The molecule has 0 radical (unpaired) electrons. The fourth-order valence-electron chi connectivity index (χ4n) is 3.48. The highest BCUT2D eigenvalue weighted by molar-refractivity contribution is 7.09. The van der Waals surface area contributed by atoms with Crippen LogP contribution in [0.3, 0.4) is 0 Å². The molecule has 4 aromatic rings. The molecule has 7 heteroatoms. The lowest BCUT2D eigenvalue weighted by Gasteiger charge is -2.27. The van der Waals surface area contributed by atoms with E-state index in [-0.39, 0.29) is 5.82 Å². The Hall–Kier alpha value is -3.03. The van der Waals surface area contributed by atoms with Crippen LogP contribution in [0.4, 0.5) is 4.39 Å². The predicted octanol–water partition coefficient (Wildman–Crippen LogP) is 4.36. The van der Waals surface area contributed by atoms with Gasteiger partial charge in [-0.15, -0.1) is 11.3 Å². The highest BCUT2D eigenvalue weighted by atomic mass is 32.1. The Balaban J connectivity index is 1.29. The van der Waals surface area contributed by atoms with E-state index in [1.54, 1.807) is 35.9 Å². The minimum atomic E-state index is -0.231. The molecule has 0 atom stereocenters. The molecule has 144 valence electrons. The van der Waals surface area contributed by atoms with E-state index >= 15 is 0 Å². The normalized spacial score (nSPS) is 14.0. The highest BCUT2D eigenvalue weighted by Crippen LogP contribution is 2.25. The summed E-state index contributed by atoms with van der Waals surface area (Å²) in [4.78, 5) is 20.5. The molecule has 3 aromatic heterocycles. The fourth-order valence-corrected chi connectivity index (χ4v) is 4.32. The van der Waals surface area contributed by atoms with Gasteiger partial charge in [0, 0.05) is 60.2 Å². The molecule has 1 aliphatic heterocycles. The van der Waals surface area contributed by atoms with E-state index in [0.29, 0.717) is 0 Å². The van der Waals surface area contributed by atoms with Crippen LogP contribution in [0, 0.1) is 5.82 Å². The number of pyridine rings is 1. The molecule has 29 heavy (non-hydrogen) atoms. The Morgan fingerprint density at radius 2 is 1.83 bits per heavy atom. The SMILES string of the molecule is Fc1ccc(-c2csc(CN3CCc4nc(-c5ccncc5)ncc4C3)n2)cc1. The number of aromatic nitrogens is 4. The Labute approximate surface area is 172 Å². The summed E-state index contributed by atoms with van der Waals surface area (Å²) in [7, 11) is 0. The van der Waals surface area contributed by atoms with Gasteiger partial charge in [-0.05, 0) is 36.4 Å². The first-order chi connectivity index (χ1) is 14.2. The molecule has 0 unspecified atom stereocenters. The van der Waals surface area contributed by atoms with Gasteiger partial charge in [0.05, 0.1) is 17.9 Å². The summed E-state index contributed by atoms with van der Waals surface area (Å²) in [5, 5.41) is 3.09. The van der Waals surface area contributed by atoms with Gasteiger partial charge in [-0.3, -0.25) is 9.88 Å². The minimum Gasteiger partial charge on any atom is -0.292 e. The number of benzene rings is 1. The average Bonchev–Trinajstić information content (AvgIpc) is 3.23. The van der Waals surface area contributed by atoms with Crippen molar-refractivity contribution in [1.29, 1.82) is 0 Å². The van der Waals surface area contributed by atoms with Crippen molar-refractivity contribution >= 4 is 11.3 Å². The first-order valence-electron chi connectivity index (χ1n) is 9.42. The summed E-state index contributed by atoms with van der Waals surface area (Å²) in [6, 6.07) is 10.3. The van der Waals surface area contributed by atoms with Gasteiger partial charge >= 0.3 is 0 Å². The van der Waals surface area contributed by atoms with Crippen LogP contribution in [0.15, 0.2) is 60.4 Å². The third-order valence-electron chi connectivity index (χ3n) is 5.00. The summed E-state index contributed by atoms with van der Waals surface area (Å²) >= 11 is 1.64. The second-order valence-corrected chi connectivity index (χ2v) is 7.94. The molecule has 0 spiro atoms. The van der Waals surface area contributed by atoms with Crippen molar-refractivity contribution in [3.63, 3.8) is 0 Å². The maximum absolute atomic E-state index is 13.1. The lowest BCUT2D eigenvalue weighted by molar-refractivity contribution is 0.242. The fraction of sp³-hybridized carbons (Fsp3) is 0.182. The quantitative estimate of drug-likeness (QED) is 0.507. The molecule has 0 aliphatic carbocycles. The van der Waals surface area contributed by atoms with Gasteiger partial charge in [0.2, 0.25) is 0 Å². The van der Waals surface area contributed by atoms with Crippen molar-refractivity contribution in [3.05, 3.63) is 82.5 Å². The van der Waals surface area contributed by atoms with Crippen LogP contribution in [0.25, 0.3) is 22.6 Å². The van der Waals surface area contributed by atoms with Crippen LogP contribution in [0.5, 0.6) is 0 Å². The van der Waals surface area contributed by atoms with Crippen LogP contribution in [-0.2, 0) is 19.5 Å². The van der Waals surface area contributed by atoms with Crippen molar-refractivity contribution in [1.82, 2.24) is 24.8 Å². The molecule has 1 aliphatic rings. The lowest BCUT2D eigenvalue weighted by Crippen LogP contribution is -2.30. The van der Waals surface area contributed by atoms with E-state index in [1.165, 1.54) is 17.7 Å². The average molecular weight is 403 g/mol. The second kappa shape index (κ2) is 7.77. The largest absolute Gasteiger partial charge is 0.292 e. The standard InChI is InChI=1S/C22H18FN5S/c23-18-3-1-15(2-4-18)20-14-29-21(26-20)13-28-10-7-19-17(12-28)11-25-22(27-19)16-5-8-24-9-6-16/h1-6,8-9,11,14H,7,10,12-13H2. The molecule has 0 saturated carbocycles. The number of halogens is 1. The Morgan fingerprint density at radius 1 is 1.00 bits per heavy atom. The van der Waals surface area contributed by atoms with E-state index in [4.69, 9.17) is 9.97 Å². The molecule has 0 amide bonds. The van der Waals surface area contributed by atoms with E-state index < -0.39 is 0 Å². The van der Waals surface area contributed by atoms with Crippen LogP contribution in [0.2, 0.25) is 0 Å². The molecule has 5 nitrogen and oxygen atoms in total. The highest BCUT2D eigenvalue weighted by Gasteiger charge is 2.20. The zero-order chi connectivity index (χ0) is 19.6. The number of fused-ring (bicyclic) bond motifs is 1. The molecule has 0 N–H and O–H groups in total. The van der Waals surface area contributed by atoms with Crippen LogP contribution in [0.1, 0.15) is 16.3 Å². The summed E-state index contributed by atoms with van der Waals surface area (Å²) in [5.74, 6) is 0.522. The van der Waals surface area contributed by atoms with Crippen LogP contribution in [-0.4, -0.2) is 31.4 Å². The number of hydrogen-bond donors (Lipinski definition) is 0. The summed E-state index contributed by atoms with van der Waals surface area (Å²) in [6.45, 7) is 2.54. The summed E-state index contributed by atoms with van der Waals surface area (Å²) < 4.78 is 13.1. The molecule has 0 saturated heterocycles. The summed E-state index contributed by atoms with van der Waals surface area (Å²) in [6.07, 6.45) is 6.35. The number of hydrogen-bond acceptors (Lipinski definition) is 6. The van der Waals surface area contributed by atoms with Crippen molar-refractivity contribution < 1.29 is 4.39 Å². The molecular formula is C22H18FN5S. The topological polar surface area (TPSA) is 54.8 Å².